The Kier molecular flexibility index (Phi) is 9.01. The quantitative estimate of drug-likeness (QED) is 0.156. The average molecular weight is 578 g/mol. The summed E-state index contributed by atoms with van der Waals surface area (Å²) in [7, 11) is 3.66. The third-order valence-corrected chi connectivity index (χ3v) is 6.28. The summed E-state index contributed by atoms with van der Waals surface area (Å²) in [6, 6.07) is 3.23. The Bertz CT molecular complexity index is 1550. The van der Waals surface area contributed by atoms with Crippen molar-refractivity contribution in [2.75, 3.05) is 39.5 Å². The van der Waals surface area contributed by atoms with Gasteiger partial charge in [-0.2, -0.15) is 13.9 Å². The van der Waals surface area contributed by atoms with Gasteiger partial charge in [-0.3, -0.25) is 4.79 Å². The summed E-state index contributed by atoms with van der Waals surface area (Å²) in [5.74, 6) is -9.41. The number of anilines is 1. The van der Waals surface area contributed by atoms with Gasteiger partial charge < -0.3 is 20.3 Å². The molecule has 218 valence electrons. The monoisotopic (exact) mass is 577 g/mol. The number of likely N-dealkylation sites (N-methyl/N-ethyl adjacent to an activating group) is 2. The maximum Gasteiger partial charge on any atom is 0.236 e. The number of nitrogens with two attached hydrogens (primary N) is 1. The number of benzene rings is 2. The minimum Gasteiger partial charge on any atom is -0.451 e. The van der Waals surface area contributed by atoms with E-state index in [0.29, 0.717) is 50.1 Å². The molecule has 0 unspecified atom stereocenters. The number of hydrogen-bond acceptors (Lipinski definition) is 7. The lowest BCUT2D eigenvalue weighted by molar-refractivity contribution is -0.131. The molecule has 2 N–H and O–H groups in total. The van der Waals surface area contributed by atoms with Crippen LogP contribution in [0.25, 0.3) is 22.3 Å². The van der Waals surface area contributed by atoms with Crippen molar-refractivity contribution in [2.24, 2.45) is 0 Å². The van der Waals surface area contributed by atoms with E-state index in [-0.39, 0.29) is 29.0 Å². The molecule has 0 saturated heterocycles. The van der Waals surface area contributed by atoms with E-state index in [1.165, 1.54) is 12.4 Å². The molecule has 2 aromatic heterocycles. The van der Waals surface area contributed by atoms with Gasteiger partial charge in [-0.05, 0) is 46.0 Å². The maximum absolute atomic E-state index is 15.3. The SMILES string of the molecule is CCN(CCCCn1nc(-c2ccc(Oc3c(F)c(F)cc(F)c3F)cc2F)c2c(N)ncnc21)C(=O)CN(C)C. The number of carbonyl (C=O) groups excluding carboxylic acids is 1. The second-order valence-corrected chi connectivity index (χ2v) is 9.49. The van der Waals surface area contributed by atoms with Crippen molar-refractivity contribution in [3.05, 3.63) is 59.7 Å². The Morgan fingerprint density at radius 2 is 1.71 bits per heavy atom. The topological polar surface area (TPSA) is 102 Å². The van der Waals surface area contributed by atoms with Crippen molar-refractivity contribution in [3.63, 3.8) is 0 Å². The number of aryl methyl sites for hydroxylation is 1. The summed E-state index contributed by atoms with van der Waals surface area (Å²) in [5.41, 5.74) is 6.52. The molecule has 14 heteroatoms. The van der Waals surface area contributed by atoms with Crippen LogP contribution < -0.4 is 10.5 Å². The highest BCUT2D eigenvalue weighted by molar-refractivity contribution is 5.98. The number of fused-ring (bicyclic) bond motifs is 1. The standard InChI is InChI=1S/C27H28F5N7O2/c1-4-38(20(40)13-37(2)3)9-5-6-10-39-27-21(26(33)34-14-35-27)24(36-39)16-8-7-15(11-17(16)28)41-25-22(31)18(29)12-19(30)23(25)32/h7-8,11-12,14H,4-6,9-10,13H2,1-3H3,(H2,33,34,35). The van der Waals surface area contributed by atoms with Gasteiger partial charge in [-0.1, -0.05) is 0 Å². The highest BCUT2D eigenvalue weighted by Crippen LogP contribution is 2.36. The maximum atomic E-state index is 15.3. The number of carbonyl (C=O) groups is 1. The second kappa shape index (κ2) is 12.5. The van der Waals surface area contributed by atoms with E-state index in [2.05, 4.69) is 15.1 Å². The molecule has 0 atom stereocenters. The number of halogens is 5. The average Bonchev–Trinajstić information content (AvgIpc) is 3.29. The molecule has 0 aliphatic rings. The molecule has 0 saturated carbocycles. The van der Waals surface area contributed by atoms with Gasteiger partial charge in [0.25, 0.3) is 0 Å². The molecule has 4 aromatic rings. The zero-order valence-corrected chi connectivity index (χ0v) is 22.6. The van der Waals surface area contributed by atoms with E-state index in [1.807, 2.05) is 25.9 Å². The summed E-state index contributed by atoms with van der Waals surface area (Å²) < 4.78 is 76.9. The van der Waals surface area contributed by atoms with Gasteiger partial charge in [0, 0.05) is 37.3 Å². The normalized spacial score (nSPS) is 11.4. The number of ether oxygens (including phenoxy) is 1. The summed E-state index contributed by atoms with van der Waals surface area (Å²) in [5, 5.41) is 4.80. The molecule has 0 radical (unpaired) electrons. The van der Waals surface area contributed by atoms with E-state index in [1.54, 1.807) is 9.58 Å². The Morgan fingerprint density at radius 3 is 2.34 bits per heavy atom. The number of nitrogens with zero attached hydrogens (tertiary/aromatic N) is 6. The highest BCUT2D eigenvalue weighted by atomic mass is 19.2. The van der Waals surface area contributed by atoms with Crippen LogP contribution in [0, 0.1) is 29.1 Å². The predicted octanol–water partition coefficient (Wildman–Crippen LogP) is 4.75. The molecule has 2 heterocycles. The van der Waals surface area contributed by atoms with Gasteiger partial charge in [-0.25, -0.2) is 27.8 Å². The number of nitrogen functional groups attached to an aromatic ring is 1. The molecule has 0 bridgehead atoms. The minimum atomic E-state index is -1.76. The van der Waals surface area contributed by atoms with Crippen LogP contribution in [0.2, 0.25) is 0 Å². The molecular weight excluding hydrogens is 549 g/mol. The van der Waals surface area contributed by atoms with Crippen LogP contribution in [0.15, 0.2) is 30.6 Å². The lowest BCUT2D eigenvalue weighted by Gasteiger charge is -2.22. The lowest BCUT2D eigenvalue weighted by atomic mass is 10.1. The first kappa shape index (κ1) is 29.6. The fourth-order valence-corrected chi connectivity index (χ4v) is 4.28. The number of hydrogen-bond donors (Lipinski definition) is 1. The third kappa shape index (κ3) is 6.37. The number of rotatable bonds is 11. The van der Waals surface area contributed by atoms with E-state index >= 15 is 4.39 Å². The summed E-state index contributed by atoms with van der Waals surface area (Å²) in [6.07, 6.45) is 2.56. The fourth-order valence-electron chi connectivity index (χ4n) is 4.28. The molecule has 9 nitrogen and oxygen atoms in total. The van der Waals surface area contributed by atoms with E-state index < -0.39 is 40.6 Å². The smallest absolute Gasteiger partial charge is 0.236 e. The molecule has 2 aromatic carbocycles. The third-order valence-electron chi connectivity index (χ3n) is 6.28. The molecule has 0 fully saturated rings. The first-order valence-electron chi connectivity index (χ1n) is 12.7. The van der Waals surface area contributed by atoms with E-state index in [0.717, 1.165) is 12.1 Å². The van der Waals surface area contributed by atoms with Crippen LogP contribution in [-0.4, -0.2) is 69.2 Å². The second-order valence-electron chi connectivity index (χ2n) is 9.49. The van der Waals surface area contributed by atoms with Crippen molar-refractivity contribution in [1.82, 2.24) is 29.5 Å². The Balaban J connectivity index is 1.57. The van der Waals surface area contributed by atoms with Gasteiger partial charge in [0.05, 0.1) is 11.9 Å². The molecule has 0 aliphatic heterocycles. The number of unbranched alkanes of at least 4 members (excludes halogenated alkanes) is 1. The van der Waals surface area contributed by atoms with Crippen molar-refractivity contribution in [1.29, 1.82) is 0 Å². The van der Waals surface area contributed by atoms with Crippen LogP contribution in [0.3, 0.4) is 0 Å². The first-order chi connectivity index (χ1) is 19.5. The molecule has 0 spiro atoms. The van der Waals surface area contributed by atoms with Crippen molar-refractivity contribution in [3.8, 4) is 22.8 Å². The number of amides is 1. The molecule has 4 rings (SSSR count). The highest BCUT2D eigenvalue weighted by Gasteiger charge is 2.23. The lowest BCUT2D eigenvalue weighted by Crippen LogP contribution is -2.38. The van der Waals surface area contributed by atoms with Crippen molar-refractivity contribution >= 4 is 22.8 Å². The van der Waals surface area contributed by atoms with Crippen LogP contribution >= 0.6 is 0 Å². The summed E-state index contributed by atoms with van der Waals surface area (Å²) >= 11 is 0. The fraction of sp³-hybridized carbons (Fsp3) is 0.333. The van der Waals surface area contributed by atoms with Gasteiger partial charge >= 0.3 is 0 Å². The van der Waals surface area contributed by atoms with Crippen LogP contribution in [0.4, 0.5) is 27.8 Å². The molecule has 1 amide bonds. The van der Waals surface area contributed by atoms with E-state index in [4.69, 9.17) is 10.5 Å². The summed E-state index contributed by atoms with van der Waals surface area (Å²) in [6.45, 7) is 3.75. The van der Waals surface area contributed by atoms with Crippen molar-refractivity contribution in [2.45, 2.75) is 26.3 Å². The van der Waals surface area contributed by atoms with Crippen LogP contribution in [0.1, 0.15) is 19.8 Å². The molecule has 0 aliphatic carbocycles. The first-order valence-corrected chi connectivity index (χ1v) is 12.7. The minimum absolute atomic E-state index is 0.0285. The largest absolute Gasteiger partial charge is 0.451 e. The Hall–Kier alpha value is -4.33. The van der Waals surface area contributed by atoms with Crippen molar-refractivity contribution < 1.29 is 31.5 Å². The Morgan fingerprint density at radius 1 is 1.00 bits per heavy atom. The molecular formula is C27H28F5N7O2. The van der Waals surface area contributed by atoms with Gasteiger partial charge in [0.2, 0.25) is 23.3 Å². The molecule has 41 heavy (non-hydrogen) atoms. The number of aromatic nitrogens is 4. The van der Waals surface area contributed by atoms with Gasteiger partial charge in [0.1, 0.15) is 29.4 Å². The van der Waals surface area contributed by atoms with Gasteiger partial charge in [-0.15, -0.1) is 0 Å². The zero-order chi connectivity index (χ0) is 29.8. The Labute approximate surface area is 232 Å². The zero-order valence-electron chi connectivity index (χ0n) is 22.6. The van der Waals surface area contributed by atoms with Crippen LogP contribution in [0.5, 0.6) is 11.5 Å². The van der Waals surface area contributed by atoms with Gasteiger partial charge in [0.15, 0.2) is 17.3 Å². The van der Waals surface area contributed by atoms with E-state index in [9.17, 15) is 22.4 Å². The predicted molar refractivity (Wildman–Crippen MR) is 142 cm³/mol. The van der Waals surface area contributed by atoms with Crippen LogP contribution in [-0.2, 0) is 11.3 Å². The summed E-state index contributed by atoms with van der Waals surface area (Å²) in [4.78, 5) is 24.2.